The van der Waals surface area contributed by atoms with Gasteiger partial charge in [-0.05, 0) is 42.8 Å². The number of hydrogen-bond acceptors (Lipinski definition) is 4. The summed E-state index contributed by atoms with van der Waals surface area (Å²) < 4.78 is 5.06. The van der Waals surface area contributed by atoms with Crippen molar-refractivity contribution < 1.29 is 14.6 Å². The van der Waals surface area contributed by atoms with Gasteiger partial charge in [-0.2, -0.15) is 0 Å². The number of aromatic hydroxyl groups is 1. The molecule has 1 unspecified atom stereocenters. The summed E-state index contributed by atoms with van der Waals surface area (Å²) in [6.07, 6.45) is 0. The molecule has 4 N–H and O–H groups in total. The number of rotatable bonds is 4. The predicted molar refractivity (Wildman–Crippen MR) is 81.4 cm³/mol. The van der Waals surface area contributed by atoms with Crippen LogP contribution in [0.1, 0.15) is 28.9 Å². The number of carbonyl (C=O) groups is 1. The molecule has 0 radical (unpaired) electrons. The summed E-state index contributed by atoms with van der Waals surface area (Å²) in [6.45, 7) is 1.86. The second kappa shape index (κ2) is 6.17. The number of carbonyl (C=O) groups excluding carboxylic acids is 1. The van der Waals surface area contributed by atoms with E-state index >= 15 is 0 Å². The van der Waals surface area contributed by atoms with Crippen molar-refractivity contribution in [3.63, 3.8) is 0 Å². The molecule has 0 saturated carbocycles. The summed E-state index contributed by atoms with van der Waals surface area (Å²) in [7, 11) is 1.51. The standard InChI is InChI=1S/C16H18N2O3/c1-10(11-3-5-12(17)6-4-11)18-16(20)14-9-13(21-2)7-8-15(14)19/h3-10,19H,17H2,1-2H3,(H,18,20). The molecular formula is C16H18N2O3. The van der Waals surface area contributed by atoms with E-state index in [1.165, 1.54) is 19.2 Å². The van der Waals surface area contributed by atoms with Gasteiger partial charge in [-0.15, -0.1) is 0 Å². The van der Waals surface area contributed by atoms with E-state index in [1.54, 1.807) is 18.2 Å². The lowest BCUT2D eigenvalue weighted by atomic mass is 10.1. The molecule has 0 saturated heterocycles. The first-order valence-electron chi connectivity index (χ1n) is 6.54. The van der Waals surface area contributed by atoms with Crippen molar-refractivity contribution in [1.82, 2.24) is 5.32 Å². The molecule has 0 aromatic heterocycles. The highest BCUT2D eigenvalue weighted by atomic mass is 16.5. The van der Waals surface area contributed by atoms with Gasteiger partial charge in [0, 0.05) is 5.69 Å². The Morgan fingerprint density at radius 3 is 2.52 bits per heavy atom. The van der Waals surface area contributed by atoms with Crippen molar-refractivity contribution in [2.75, 3.05) is 12.8 Å². The topological polar surface area (TPSA) is 84.6 Å². The van der Waals surface area contributed by atoms with Crippen LogP contribution in [0.25, 0.3) is 0 Å². The minimum atomic E-state index is -0.365. The highest BCUT2D eigenvalue weighted by molar-refractivity contribution is 5.97. The van der Waals surface area contributed by atoms with Crippen LogP contribution in [-0.4, -0.2) is 18.1 Å². The maximum Gasteiger partial charge on any atom is 0.255 e. The Labute approximate surface area is 123 Å². The van der Waals surface area contributed by atoms with E-state index in [-0.39, 0.29) is 23.3 Å². The van der Waals surface area contributed by atoms with E-state index in [1.807, 2.05) is 19.1 Å². The molecule has 2 aromatic rings. The second-order valence-electron chi connectivity index (χ2n) is 4.74. The number of benzene rings is 2. The van der Waals surface area contributed by atoms with Gasteiger partial charge >= 0.3 is 0 Å². The van der Waals surface area contributed by atoms with Crippen LogP contribution in [0.5, 0.6) is 11.5 Å². The first-order chi connectivity index (χ1) is 10.0. The number of nitrogen functional groups attached to an aromatic ring is 1. The van der Waals surface area contributed by atoms with Crippen molar-refractivity contribution in [2.45, 2.75) is 13.0 Å². The predicted octanol–water partition coefficient (Wildman–Crippen LogP) is 2.47. The summed E-state index contributed by atoms with van der Waals surface area (Å²) in [6, 6.07) is 11.6. The van der Waals surface area contributed by atoms with Crippen molar-refractivity contribution in [3.8, 4) is 11.5 Å². The summed E-state index contributed by atoms with van der Waals surface area (Å²) >= 11 is 0. The van der Waals surface area contributed by atoms with Gasteiger partial charge in [0.05, 0.1) is 18.7 Å². The lowest BCUT2D eigenvalue weighted by molar-refractivity contribution is 0.0937. The Bertz CT molecular complexity index is 638. The number of phenols is 1. The molecule has 0 bridgehead atoms. The van der Waals surface area contributed by atoms with Crippen LogP contribution in [0, 0.1) is 0 Å². The average Bonchev–Trinajstić information content (AvgIpc) is 2.48. The number of anilines is 1. The molecule has 5 heteroatoms. The Hall–Kier alpha value is -2.69. The van der Waals surface area contributed by atoms with Gasteiger partial charge in [0.1, 0.15) is 11.5 Å². The van der Waals surface area contributed by atoms with Gasteiger partial charge in [0.25, 0.3) is 5.91 Å². The van der Waals surface area contributed by atoms with Crippen LogP contribution >= 0.6 is 0 Å². The van der Waals surface area contributed by atoms with Gasteiger partial charge in [-0.25, -0.2) is 0 Å². The minimum absolute atomic E-state index is 0.0854. The van der Waals surface area contributed by atoms with E-state index in [4.69, 9.17) is 10.5 Å². The molecule has 0 heterocycles. The average molecular weight is 286 g/mol. The lowest BCUT2D eigenvalue weighted by Crippen LogP contribution is -2.26. The molecule has 1 atom stereocenters. The number of hydrogen-bond donors (Lipinski definition) is 3. The van der Waals surface area contributed by atoms with Gasteiger partial charge in [-0.3, -0.25) is 4.79 Å². The molecular weight excluding hydrogens is 268 g/mol. The fraction of sp³-hybridized carbons (Fsp3) is 0.188. The Morgan fingerprint density at radius 1 is 1.24 bits per heavy atom. The largest absolute Gasteiger partial charge is 0.507 e. The highest BCUT2D eigenvalue weighted by Crippen LogP contribution is 2.24. The Kier molecular flexibility index (Phi) is 4.33. The first-order valence-corrected chi connectivity index (χ1v) is 6.54. The summed E-state index contributed by atoms with van der Waals surface area (Å²) in [4.78, 5) is 12.2. The molecule has 0 aliphatic carbocycles. The van der Waals surface area contributed by atoms with Gasteiger partial charge < -0.3 is 20.9 Å². The molecule has 2 rings (SSSR count). The van der Waals surface area contributed by atoms with Crippen molar-refractivity contribution >= 4 is 11.6 Å². The summed E-state index contributed by atoms with van der Waals surface area (Å²) in [5.74, 6) is 0.0617. The number of amides is 1. The number of ether oxygens (including phenoxy) is 1. The second-order valence-corrected chi connectivity index (χ2v) is 4.74. The van der Waals surface area contributed by atoms with Crippen LogP contribution in [0.3, 0.4) is 0 Å². The third-order valence-corrected chi connectivity index (χ3v) is 3.23. The van der Waals surface area contributed by atoms with Gasteiger partial charge in [0.15, 0.2) is 0 Å². The normalized spacial score (nSPS) is 11.7. The SMILES string of the molecule is COc1ccc(O)c(C(=O)NC(C)c2ccc(N)cc2)c1. The Balaban J connectivity index is 2.15. The fourth-order valence-electron chi connectivity index (χ4n) is 1.97. The smallest absolute Gasteiger partial charge is 0.255 e. The monoisotopic (exact) mass is 286 g/mol. The highest BCUT2D eigenvalue weighted by Gasteiger charge is 2.15. The Morgan fingerprint density at radius 2 is 1.90 bits per heavy atom. The zero-order chi connectivity index (χ0) is 15.4. The molecule has 5 nitrogen and oxygen atoms in total. The fourth-order valence-corrected chi connectivity index (χ4v) is 1.97. The molecule has 0 spiro atoms. The summed E-state index contributed by atoms with van der Waals surface area (Å²) in [5.41, 5.74) is 7.41. The van der Waals surface area contributed by atoms with Crippen LogP contribution in [0.4, 0.5) is 5.69 Å². The van der Waals surface area contributed by atoms with E-state index in [0.717, 1.165) is 5.56 Å². The number of methoxy groups -OCH3 is 1. The van der Waals surface area contributed by atoms with Gasteiger partial charge in [0.2, 0.25) is 0 Å². The van der Waals surface area contributed by atoms with Crippen LogP contribution in [0.2, 0.25) is 0 Å². The zero-order valence-electron chi connectivity index (χ0n) is 12.0. The molecule has 0 fully saturated rings. The summed E-state index contributed by atoms with van der Waals surface area (Å²) in [5, 5.41) is 12.6. The minimum Gasteiger partial charge on any atom is -0.507 e. The van der Waals surface area contributed by atoms with E-state index < -0.39 is 0 Å². The number of nitrogens with one attached hydrogen (secondary N) is 1. The molecule has 21 heavy (non-hydrogen) atoms. The first kappa shape index (κ1) is 14.7. The molecule has 110 valence electrons. The number of nitrogens with two attached hydrogens (primary N) is 1. The van der Waals surface area contributed by atoms with Crippen molar-refractivity contribution in [2.24, 2.45) is 0 Å². The van der Waals surface area contributed by atoms with E-state index in [2.05, 4.69) is 5.32 Å². The lowest BCUT2D eigenvalue weighted by Gasteiger charge is -2.15. The van der Waals surface area contributed by atoms with Crippen molar-refractivity contribution in [3.05, 3.63) is 53.6 Å². The van der Waals surface area contributed by atoms with E-state index in [0.29, 0.717) is 11.4 Å². The quantitative estimate of drug-likeness (QED) is 0.754. The van der Waals surface area contributed by atoms with Crippen LogP contribution in [0.15, 0.2) is 42.5 Å². The molecule has 1 amide bonds. The number of phenolic OH excluding ortho intramolecular Hbond substituents is 1. The maximum atomic E-state index is 12.2. The molecule has 0 aliphatic rings. The maximum absolute atomic E-state index is 12.2. The van der Waals surface area contributed by atoms with Gasteiger partial charge in [-0.1, -0.05) is 12.1 Å². The third-order valence-electron chi connectivity index (χ3n) is 3.23. The van der Waals surface area contributed by atoms with Crippen LogP contribution in [-0.2, 0) is 0 Å². The van der Waals surface area contributed by atoms with Crippen molar-refractivity contribution in [1.29, 1.82) is 0 Å². The molecule has 0 aliphatic heterocycles. The van der Waals surface area contributed by atoms with E-state index in [9.17, 15) is 9.90 Å². The molecule has 2 aromatic carbocycles. The zero-order valence-corrected chi connectivity index (χ0v) is 12.0. The third kappa shape index (κ3) is 3.45. The van der Waals surface area contributed by atoms with Crippen LogP contribution < -0.4 is 15.8 Å².